The molecule has 3 aromatic rings. The van der Waals surface area contributed by atoms with Crippen molar-refractivity contribution in [1.29, 1.82) is 0 Å². The molecule has 1 saturated heterocycles. The van der Waals surface area contributed by atoms with Gasteiger partial charge in [-0.25, -0.2) is 5.01 Å². The van der Waals surface area contributed by atoms with E-state index in [1.807, 2.05) is 66.7 Å². The van der Waals surface area contributed by atoms with Crippen molar-refractivity contribution in [2.24, 2.45) is 11.0 Å². The third kappa shape index (κ3) is 5.81. The molecular formula is C36H38N4O5. The predicted octanol–water partition coefficient (Wildman–Crippen LogP) is 4.52. The fourth-order valence-corrected chi connectivity index (χ4v) is 6.60. The van der Waals surface area contributed by atoms with Crippen LogP contribution in [0.3, 0.4) is 0 Å². The van der Waals surface area contributed by atoms with Crippen LogP contribution >= 0.6 is 0 Å². The van der Waals surface area contributed by atoms with Gasteiger partial charge in [0.05, 0.1) is 36.3 Å². The quantitative estimate of drug-likeness (QED) is 0.348. The van der Waals surface area contributed by atoms with Crippen LogP contribution < -0.4 is 9.91 Å². The normalized spacial score (nSPS) is 22.2. The van der Waals surface area contributed by atoms with Crippen molar-refractivity contribution in [1.82, 2.24) is 4.90 Å². The zero-order valence-corrected chi connectivity index (χ0v) is 25.4. The van der Waals surface area contributed by atoms with Crippen molar-refractivity contribution in [2.75, 3.05) is 23.1 Å². The van der Waals surface area contributed by atoms with Crippen LogP contribution in [0.2, 0.25) is 0 Å². The highest BCUT2D eigenvalue weighted by Gasteiger charge is 2.52. The molecule has 3 aromatic carbocycles. The molecule has 3 amide bonds. The lowest BCUT2D eigenvalue weighted by atomic mass is 9.83. The van der Waals surface area contributed by atoms with Crippen LogP contribution in [0.5, 0.6) is 0 Å². The number of hydrogen-bond donors (Lipinski definition) is 2. The number of aliphatic hydroxyl groups is 2. The summed E-state index contributed by atoms with van der Waals surface area (Å²) in [5.41, 5.74) is 2.53. The van der Waals surface area contributed by atoms with E-state index in [2.05, 4.69) is 5.10 Å². The topological polar surface area (TPSA) is 114 Å². The molecule has 232 valence electrons. The van der Waals surface area contributed by atoms with Gasteiger partial charge in [0.2, 0.25) is 11.8 Å². The minimum atomic E-state index is -1.81. The fraction of sp³-hybridized carbons (Fsp3) is 0.333. The Morgan fingerprint density at radius 1 is 1.04 bits per heavy atom. The van der Waals surface area contributed by atoms with Gasteiger partial charge in [0.1, 0.15) is 0 Å². The minimum Gasteiger partial charge on any atom is -0.394 e. The van der Waals surface area contributed by atoms with Crippen LogP contribution in [0.25, 0.3) is 0 Å². The van der Waals surface area contributed by atoms with E-state index in [-0.39, 0.29) is 37.4 Å². The number of hydrazone groups is 1. The summed E-state index contributed by atoms with van der Waals surface area (Å²) in [6, 6.07) is 24.3. The molecule has 3 atom stereocenters. The lowest BCUT2D eigenvalue weighted by Crippen LogP contribution is -2.44. The van der Waals surface area contributed by atoms with Gasteiger partial charge >= 0.3 is 0 Å². The Bertz CT molecular complexity index is 1650. The molecule has 45 heavy (non-hydrogen) atoms. The van der Waals surface area contributed by atoms with Crippen molar-refractivity contribution in [3.63, 3.8) is 0 Å². The molecule has 3 aliphatic rings. The molecule has 9 heteroatoms. The molecule has 6 rings (SSSR count). The maximum atomic E-state index is 14.0. The highest BCUT2D eigenvalue weighted by Crippen LogP contribution is 2.45. The van der Waals surface area contributed by atoms with E-state index in [4.69, 9.17) is 0 Å². The van der Waals surface area contributed by atoms with Crippen molar-refractivity contribution in [3.8, 4) is 0 Å². The smallest absolute Gasteiger partial charge is 0.264 e. The Labute approximate surface area is 263 Å². The molecule has 3 aliphatic heterocycles. The lowest BCUT2D eigenvalue weighted by molar-refractivity contribution is -0.139. The average Bonchev–Trinajstić information content (AvgIpc) is 3.64. The van der Waals surface area contributed by atoms with Crippen molar-refractivity contribution in [3.05, 3.63) is 108 Å². The lowest BCUT2D eigenvalue weighted by Gasteiger charge is -2.28. The Kier molecular flexibility index (Phi) is 8.65. The highest BCUT2D eigenvalue weighted by molar-refractivity contribution is 6.09. The van der Waals surface area contributed by atoms with Crippen molar-refractivity contribution < 1.29 is 24.6 Å². The molecule has 3 heterocycles. The van der Waals surface area contributed by atoms with Gasteiger partial charge in [-0.1, -0.05) is 79.7 Å². The number of amides is 3. The number of para-hydroxylation sites is 1. The summed E-state index contributed by atoms with van der Waals surface area (Å²) in [6.45, 7) is 2.55. The zero-order chi connectivity index (χ0) is 31.6. The first-order valence-corrected chi connectivity index (χ1v) is 15.6. The number of carbonyl (C=O) groups is 3. The number of anilines is 2. The number of nitrogens with zero attached hydrogens (tertiary/aromatic N) is 4. The van der Waals surface area contributed by atoms with Gasteiger partial charge in [-0.2, -0.15) is 5.10 Å². The van der Waals surface area contributed by atoms with E-state index in [1.165, 1.54) is 5.01 Å². The van der Waals surface area contributed by atoms with Gasteiger partial charge < -0.3 is 20.0 Å². The summed E-state index contributed by atoms with van der Waals surface area (Å²) in [7, 11) is 0. The minimum absolute atomic E-state index is 0.0497. The molecule has 0 bridgehead atoms. The predicted molar refractivity (Wildman–Crippen MR) is 172 cm³/mol. The molecule has 2 N–H and O–H groups in total. The van der Waals surface area contributed by atoms with Gasteiger partial charge in [-0.15, -0.1) is 0 Å². The first-order chi connectivity index (χ1) is 21.8. The molecule has 0 radical (unpaired) electrons. The average molecular weight is 607 g/mol. The second-order valence-corrected chi connectivity index (χ2v) is 11.9. The largest absolute Gasteiger partial charge is 0.394 e. The summed E-state index contributed by atoms with van der Waals surface area (Å²) in [5, 5.41) is 27.7. The van der Waals surface area contributed by atoms with Crippen LogP contribution in [0.15, 0.2) is 96.1 Å². The van der Waals surface area contributed by atoms with Gasteiger partial charge in [0.15, 0.2) is 5.60 Å². The molecule has 1 fully saturated rings. The number of aliphatic hydroxyl groups excluding tert-OH is 1. The second kappa shape index (κ2) is 12.8. The molecule has 0 unspecified atom stereocenters. The highest BCUT2D eigenvalue weighted by atomic mass is 16.3. The Morgan fingerprint density at radius 2 is 1.82 bits per heavy atom. The molecule has 9 nitrogen and oxygen atoms in total. The third-order valence-electron chi connectivity index (χ3n) is 9.10. The number of benzene rings is 3. The molecule has 0 aliphatic carbocycles. The first-order valence-electron chi connectivity index (χ1n) is 15.6. The molecular weight excluding hydrogens is 568 g/mol. The maximum Gasteiger partial charge on any atom is 0.264 e. The van der Waals surface area contributed by atoms with Crippen LogP contribution in [0.4, 0.5) is 11.4 Å². The van der Waals surface area contributed by atoms with Gasteiger partial charge in [0, 0.05) is 37.3 Å². The van der Waals surface area contributed by atoms with Crippen LogP contribution in [-0.4, -0.2) is 57.7 Å². The van der Waals surface area contributed by atoms with E-state index in [9.17, 15) is 24.6 Å². The van der Waals surface area contributed by atoms with E-state index in [1.54, 1.807) is 41.0 Å². The molecule has 0 saturated carbocycles. The molecule has 0 aromatic heterocycles. The Hall–Kier alpha value is -4.60. The van der Waals surface area contributed by atoms with Crippen LogP contribution in [-0.2, 0) is 26.5 Å². The number of rotatable bonds is 9. The summed E-state index contributed by atoms with van der Waals surface area (Å²) >= 11 is 0. The van der Waals surface area contributed by atoms with Crippen LogP contribution in [0, 0.1) is 5.92 Å². The number of fused-ring (bicyclic) bond motifs is 1. The van der Waals surface area contributed by atoms with Gasteiger partial charge in [0.25, 0.3) is 5.91 Å². The fourth-order valence-electron chi connectivity index (χ4n) is 6.60. The Morgan fingerprint density at radius 3 is 2.62 bits per heavy atom. The van der Waals surface area contributed by atoms with Crippen molar-refractivity contribution >= 4 is 34.8 Å². The third-order valence-corrected chi connectivity index (χ3v) is 9.10. The summed E-state index contributed by atoms with van der Waals surface area (Å²) in [6.07, 6.45) is 6.15. The maximum absolute atomic E-state index is 14.0. The van der Waals surface area contributed by atoms with Gasteiger partial charge in [-0.05, 0) is 42.2 Å². The summed E-state index contributed by atoms with van der Waals surface area (Å²) in [5.74, 6) is -1.23. The summed E-state index contributed by atoms with van der Waals surface area (Å²) < 4.78 is 0. The van der Waals surface area contributed by atoms with E-state index < -0.39 is 17.4 Å². The first kappa shape index (κ1) is 30.4. The summed E-state index contributed by atoms with van der Waals surface area (Å²) in [4.78, 5) is 43.0. The Balaban J connectivity index is 1.21. The van der Waals surface area contributed by atoms with E-state index in [0.717, 1.165) is 29.7 Å². The van der Waals surface area contributed by atoms with E-state index in [0.29, 0.717) is 36.3 Å². The van der Waals surface area contributed by atoms with E-state index >= 15 is 0 Å². The monoisotopic (exact) mass is 606 g/mol. The SMILES string of the molecule is C[C@@H](/C=C/CC(=O)N1CCC[C@H]1CO)[C@]1(O)C(=O)N(Cc2cccc(N3N=C(c4ccccc4)CCC3=O)c2)c2ccccc21. The van der Waals surface area contributed by atoms with Gasteiger partial charge in [-0.3, -0.25) is 14.4 Å². The second-order valence-electron chi connectivity index (χ2n) is 11.9. The van der Waals surface area contributed by atoms with Crippen molar-refractivity contribution in [2.45, 2.75) is 57.2 Å². The molecule has 0 spiro atoms. The zero-order valence-electron chi connectivity index (χ0n) is 25.4. The number of likely N-dealkylation sites (tertiary alicyclic amines) is 1. The standard InChI is InChI=1S/C36H38N4O5/c1-25(10-7-18-33(42)38-21-9-15-29(38)24-41)36(45)30-16-5-6-17-32(30)39(35(36)44)23-26-11-8-14-28(22-26)40-34(43)20-19-31(37-40)27-12-3-2-4-13-27/h2-8,10-14,16-17,22,25,29,41,45H,9,15,18-21,23-24H2,1H3/b10-7+/t25-,29-,36+/m0/s1. The number of hydrogen-bond acceptors (Lipinski definition) is 6. The number of carbonyl (C=O) groups excluding carboxylic acids is 3. The van der Waals surface area contributed by atoms with Crippen LogP contribution in [0.1, 0.15) is 55.7 Å².